The Bertz CT molecular complexity index is 1080. The van der Waals surface area contributed by atoms with E-state index in [2.05, 4.69) is 15.0 Å². The Balaban J connectivity index is 1.75. The van der Waals surface area contributed by atoms with Crippen LogP contribution in [0.25, 0.3) is 21.9 Å². The van der Waals surface area contributed by atoms with Gasteiger partial charge in [-0.25, -0.2) is 8.42 Å². The molecular formula is C21H23N3O3S. The molecule has 1 fully saturated rings. The lowest BCUT2D eigenvalue weighted by atomic mass is 9.97. The maximum absolute atomic E-state index is 11.5. The minimum Gasteiger partial charge on any atom is -0.490 e. The van der Waals surface area contributed by atoms with E-state index in [1.807, 2.05) is 36.5 Å². The zero-order valence-electron chi connectivity index (χ0n) is 15.7. The lowest BCUT2D eigenvalue weighted by Crippen LogP contribution is -2.34. The summed E-state index contributed by atoms with van der Waals surface area (Å²) in [5, 5.41) is 5.45. The van der Waals surface area contributed by atoms with Crippen molar-refractivity contribution in [1.29, 1.82) is 0 Å². The summed E-state index contributed by atoms with van der Waals surface area (Å²) in [6.07, 6.45) is 6.90. The van der Waals surface area contributed by atoms with E-state index in [1.165, 1.54) is 0 Å². The molecule has 0 aliphatic carbocycles. The van der Waals surface area contributed by atoms with Gasteiger partial charge in [0.25, 0.3) is 0 Å². The fraction of sp³-hybridized carbons (Fsp3) is 0.286. The van der Waals surface area contributed by atoms with Gasteiger partial charge in [-0.1, -0.05) is 12.1 Å². The van der Waals surface area contributed by atoms with Gasteiger partial charge in [0.2, 0.25) is 10.0 Å². The van der Waals surface area contributed by atoms with Gasteiger partial charge in [0, 0.05) is 29.0 Å². The predicted octanol–water partition coefficient (Wildman–Crippen LogP) is 3.40. The summed E-state index contributed by atoms with van der Waals surface area (Å²) in [6, 6.07) is 13.4. The van der Waals surface area contributed by atoms with Crippen molar-refractivity contribution in [2.24, 2.45) is 0 Å². The van der Waals surface area contributed by atoms with Crippen LogP contribution in [0.2, 0.25) is 0 Å². The minimum atomic E-state index is -3.31. The van der Waals surface area contributed by atoms with Crippen LogP contribution in [-0.2, 0) is 10.0 Å². The predicted molar refractivity (Wildman–Crippen MR) is 112 cm³/mol. The fourth-order valence-corrected chi connectivity index (χ4v) is 4.12. The number of sulfonamides is 1. The molecule has 146 valence electrons. The van der Waals surface area contributed by atoms with Crippen molar-refractivity contribution in [1.82, 2.24) is 10.3 Å². The second kappa shape index (κ2) is 7.77. The molecule has 4 rings (SSSR count). The molecule has 1 saturated heterocycles. The normalized spacial score (nSPS) is 15.5. The smallest absolute Gasteiger partial charge is 0.229 e. The van der Waals surface area contributed by atoms with Crippen LogP contribution >= 0.6 is 0 Å². The molecule has 1 aliphatic rings. The molecule has 2 heterocycles. The third-order valence-corrected chi connectivity index (χ3v) is 5.45. The summed E-state index contributed by atoms with van der Waals surface area (Å²) in [7, 11) is -3.31. The van der Waals surface area contributed by atoms with Gasteiger partial charge < -0.3 is 10.1 Å². The summed E-state index contributed by atoms with van der Waals surface area (Å²) in [4.78, 5) is 4.22. The van der Waals surface area contributed by atoms with E-state index in [-0.39, 0.29) is 6.10 Å². The van der Waals surface area contributed by atoms with Crippen LogP contribution in [0.5, 0.6) is 5.75 Å². The maximum Gasteiger partial charge on any atom is 0.229 e. The van der Waals surface area contributed by atoms with E-state index in [0.717, 1.165) is 59.8 Å². The molecule has 0 atom stereocenters. The Morgan fingerprint density at radius 2 is 1.82 bits per heavy atom. The van der Waals surface area contributed by atoms with Crippen LogP contribution in [-0.4, -0.2) is 38.9 Å². The second-order valence-electron chi connectivity index (χ2n) is 7.05. The van der Waals surface area contributed by atoms with Crippen molar-refractivity contribution in [3.63, 3.8) is 0 Å². The number of fused-ring (bicyclic) bond motifs is 1. The first-order valence-corrected chi connectivity index (χ1v) is 11.2. The molecular weight excluding hydrogens is 374 g/mol. The minimum absolute atomic E-state index is 0.186. The lowest BCUT2D eigenvalue weighted by Gasteiger charge is -2.25. The number of nitrogens with zero attached hydrogens (tertiary/aromatic N) is 1. The Morgan fingerprint density at radius 1 is 1.07 bits per heavy atom. The molecule has 3 aromatic rings. The molecule has 0 unspecified atom stereocenters. The van der Waals surface area contributed by atoms with E-state index in [0.29, 0.717) is 5.69 Å². The molecule has 1 aliphatic heterocycles. The van der Waals surface area contributed by atoms with Gasteiger partial charge in [-0.15, -0.1) is 0 Å². The SMILES string of the molecule is CS(=O)(=O)Nc1ccc(-c2c(OC3CCNCC3)ccc3cnccc23)cc1. The number of anilines is 1. The average Bonchev–Trinajstić information content (AvgIpc) is 2.68. The number of rotatable bonds is 5. The van der Waals surface area contributed by atoms with E-state index >= 15 is 0 Å². The van der Waals surface area contributed by atoms with Crippen molar-refractivity contribution in [2.45, 2.75) is 18.9 Å². The zero-order valence-corrected chi connectivity index (χ0v) is 16.5. The summed E-state index contributed by atoms with van der Waals surface area (Å²) < 4.78 is 31.8. The Kier molecular flexibility index (Phi) is 5.19. The van der Waals surface area contributed by atoms with Gasteiger partial charge in [-0.2, -0.15) is 0 Å². The van der Waals surface area contributed by atoms with Crippen molar-refractivity contribution in [3.8, 4) is 16.9 Å². The Hall–Kier alpha value is -2.64. The number of benzene rings is 2. The molecule has 0 bridgehead atoms. The first-order chi connectivity index (χ1) is 13.5. The Morgan fingerprint density at radius 3 is 2.54 bits per heavy atom. The highest BCUT2D eigenvalue weighted by Gasteiger charge is 2.18. The van der Waals surface area contributed by atoms with Crippen LogP contribution in [0.1, 0.15) is 12.8 Å². The molecule has 2 N–H and O–H groups in total. The van der Waals surface area contributed by atoms with Crippen molar-refractivity contribution >= 4 is 26.5 Å². The second-order valence-corrected chi connectivity index (χ2v) is 8.80. The van der Waals surface area contributed by atoms with Crippen LogP contribution < -0.4 is 14.8 Å². The van der Waals surface area contributed by atoms with Gasteiger partial charge in [0.1, 0.15) is 11.9 Å². The van der Waals surface area contributed by atoms with Crippen LogP contribution in [0.3, 0.4) is 0 Å². The Labute approximate surface area is 165 Å². The van der Waals surface area contributed by atoms with E-state index < -0.39 is 10.0 Å². The van der Waals surface area contributed by atoms with Gasteiger partial charge >= 0.3 is 0 Å². The quantitative estimate of drug-likeness (QED) is 0.690. The molecule has 0 spiro atoms. The fourth-order valence-electron chi connectivity index (χ4n) is 3.56. The van der Waals surface area contributed by atoms with Gasteiger partial charge in [0.05, 0.1) is 6.26 Å². The highest BCUT2D eigenvalue weighted by Crippen LogP contribution is 2.38. The number of piperidine rings is 1. The molecule has 2 aromatic carbocycles. The van der Waals surface area contributed by atoms with E-state index in [4.69, 9.17) is 4.74 Å². The topological polar surface area (TPSA) is 80.3 Å². The summed E-state index contributed by atoms with van der Waals surface area (Å²) in [5.41, 5.74) is 2.51. The number of aromatic nitrogens is 1. The largest absolute Gasteiger partial charge is 0.490 e. The summed E-state index contributed by atoms with van der Waals surface area (Å²) >= 11 is 0. The van der Waals surface area contributed by atoms with Gasteiger partial charge in [-0.3, -0.25) is 9.71 Å². The molecule has 0 saturated carbocycles. The first-order valence-electron chi connectivity index (χ1n) is 9.32. The van der Waals surface area contributed by atoms with Crippen molar-refractivity contribution in [2.75, 3.05) is 24.1 Å². The number of hydrogen-bond donors (Lipinski definition) is 2. The molecule has 7 heteroatoms. The molecule has 1 aromatic heterocycles. The molecule has 6 nitrogen and oxygen atoms in total. The summed E-state index contributed by atoms with van der Waals surface area (Å²) in [5.74, 6) is 0.842. The average molecular weight is 398 g/mol. The lowest BCUT2D eigenvalue weighted by molar-refractivity contribution is 0.163. The number of nitrogens with one attached hydrogen (secondary N) is 2. The highest BCUT2D eigenvalue weighted by atomic mass is 32.2. The van der Waals surface area contributed by atoms with Crippen molar-refractivity contribution in [3.05, 3.63) is 54.9 Å². The van der Waals surface area contributed by atoms with Crippen molar-refractivity contribution < 1.29 is 13.2 Å². The number of ether oxygens (including phenoxy) is 1. The third kappa shape index (κ3) is 4.26. The maximum atomic E-state index is 11.5. The number of pyridine rings is 1. The molecule has 0 radical (unpaired) electrons. The third-order valence-electron chi connectivity index (χ3n) is 4.84. The van der Waals surface area contributed by atoms with Gasteiger partial charge in [-0.05, 0) is 67.2 Å². The monoisotopic (exact) mass is 397 g/mol. The zero-order chi connectivity index (χ0) is 19.6. The highest BCUT2D eigenvalue weighted by molar-refractivity contribution is 7.92. The molecule has 0 amide bonds. The van der Waals surface area contributed by atoms with Crippen LogP contribution in [0.4, 0.5) is 5.69 Å². The standard InChI is InChI=1S/C21H23N3O3S/c1-28(25,26)24-17-5-2-15(3-6-17)21-19-10-13-23-14-16(19)4-7-20(21)27-18-8-11-22-12-9-18/h2-7,10,13-14,18,22,24H,8-9,11-12H2,1H3. The molecule has 28 heavy (non-hydrogen) atoms. The van der Waals surface area contributed by atoms with E-state index in [1.54, 1.807) is 18.3 Å². The van der Waals surface area contributed by atoms with Gasteiger partial charge in [0.15, 0.2) is 0 Å². The van der Waals surface area contributed by atoms with Crippen LogP contribution in [0.15, 0.2) is 54.9 Å². The number of hydrogen-bond acceptors (Lipinski definition) is 5. The van der Waals surface area contributed by atoms with Crippen LogP contribution in [0, 0.1) is 0 Å². The van der Waals surface area contributed by atoms with E-state index in [9.17, 15) is 8.42 Å². The first kappa shape index (κ1) is 18.7. The summed E-state index contributed by atoms with van der Waals surface area (Å²) in [6.45, 7) is 1.92.